The standard InChI is InChI=1S/C16H15N5O4S/c1-9-7-12(22)18-15-19-20-16(21(9)15)26-8-13(23)17-11-5-3-10(4-6-11)14(24)25-2/h3-7H,8H2,1-2H3,(H,17,23)(H,18,19,22). The molecule has 0 aliphatic carbocycles. The lowest BCUT2D eigenvalue weighted by molar-refractivity contribution is -0.113. The van der Waals surface area contributed by atoms with Crippen molar-refractivity contribution in [3.05, 3.63) is 51.9 Å². The molecule has 0 aliphatic rings. The molecule has 9 nitrogen and oxygen atoms in total. The zero-order chi connectivity index (χ0) is 18.7. The molecule has 134 valence electrons. The predicted molar refractivity (Wildman–Crippen MR) is 95.5 cm³/mol. The molecule has 2 N–H and O–H groups in total. The molecule has 2 heterocycles. The molecular weight excluding hydrogens is 358 g/mol. The number of anilines is 1. The fraction of sp³-hybridized carbons (Fsp3) is 0.188. The van der Waals surface area contributed by atoms with Gasteiger partial charge in [-0.25, -0.2) is 4.79 Å². The molecule has 0 fully saturated rings. The largest absolute Gasteiger partial charge is 0.465 e. The molecule has 1 aromatic carbocycles. The molecule has 26 heavy (non-hydrogen) atoms. The number of ether oxygens (including phenoxy) is 1. The Morgan fingerprint density at radius 1 is 1.27 bits per heavy atom. The molecule has 0 atom stereocenters. The molecule has 0 spiro atoms. The summed E-state index contributed by atoms with van der Waals surface area (Å²) in [4.78, 5) is 37.5. The van der Waals surface area contributed by atoms with Crippen LogP contribution in [-0.4, -0.2) is 44.3 Å². The van der Waals surface area contributed by atoms with Crippen LogP contribution in [0.25, 0.3) is 5.78 Å². The molecule has 0 saturated carbocycles. The number of aromatic amines is 1. The number of thioether (sulfide) groups is 1. The van der Waals surface area contributed by atoms with E-state index in [4.69, 9.17) is 0 Å². The fourth-order valence-electron chi connectivity index (χ4n) is 2.30. The van der Waals surface area contributed by atoms with Gasteiger partial charge in [-0.05, 0) is 31.2 Å². The highest BCUT2D eigenvalue weighted by Gasteiger charge is 2.12. The normalized spacial score (nSPS) is 10.7. The van der Waals surface area contributed by atoms with Gasteiger partial charge in [-0.1, -0.05) is 11.8 Å². The van der Waals surface area contributed by atoms with Crippen LogP contribution in [0.15, 0.2) is 40.3 Å². The first-order valence-electron chi connectivity index (χ1n) is 7.54. The van der Waals surface area contributed by atoms with E-state index in [9.17, 15) is 14.4 Å². The van der Waals surface area contributed by atoms with E-state index >= 15 is 0 Å². The van der Waals surface area contributed by atoms with Gasteiger partial charge in [-0.3, -0.25) is 19.0 Å². The summed E-state index contributed by atoms with van der Waals surface area (Å²) in [5, 5.41) is 11.1. The van der Waals surface area contributed by atoms with Crippen molar-refractivity contribution < 1.29 is 14.3 Å². The lowest BCUT2D eigenvalue weighted by Crippen LogP contribution is -2.15. The Balaban J connectivity index is 1.64. The molecular formula is C16H15N5O4S. The minimum absolute atomic E-state index is 0.109. The average Bonchev–Trinajstić information content (AvgIpc) is 3.03. The van der Waals surface area contributed by atoms with E-state index in [0.29, 0.717) is 27.9 Å². The first-order chi connectivity index (χ1) is 12.5. The zero-order valence-electron chi connectivity index (χ0n) is 14.0. The highest BCUT2D eigenvalue weighted by atomic mass is 32.2. The van der Waals surface area contributed by atoms with Crippen LogP contribution in [-0.2, 0) is 9.53 Å². The summed E-state index contributed by atoms with van der Waals surface area (Å²) in [6.07, 6.45) is 0. The number of nitrogens with one attached hydrogen (secondary N) is 2. The molecule has 0 bridgehead atoms. The number of hydrogen-bond donors (Lipinski definition) is 2. The third-order valence-corrected chi connectivity index (χ3v) is 4.41. The maximum Gasteiger partial charge on any atom is 0.337 e. The van der Waals surface area contributed by atoms with Crippen LogP contribution in [0, 0.1) is 6.92 Å². The van der Waals surface area contributed by atoms with E-state index in [2.05, 4.69) is 25.2 Å². The highest BCUT2D eigenvalue weighted by Crippen LogP contribution is 2.18. The van der Waals surface area contributed by atoms with Crippen LogP contribution in [0.4, 0.5) is 5.69 Å². The number of benzene rings is 1. The summed E-state index contributed by atoms with van der Waals surface area (Å²) in [5.41, 5.74) is 1.39. The van der Waals surface area contributed by atoms with Crippen molar-refractivity contribution in [2.75, 3.05) is 18.2 Å². The smallest absolute Gasteiger partial charge is 0.337 e. The third-order valence-electron chi connectivity index (χ3n) is 3.48. The molecule has 0 radical (unpaired) electrons. The summed E-state index contributed by atoms with van der Waals surface area (Å²) in [7, 11) is 1.31. The molecule has 2 aromatic heterocycles. The SMILES string of the molecule is COC(=O)c1ccc(NC(=O)CSc2nnc3[nH]c(=O)cc(C)n23)cc1. The predicted octanol–water partition coefficient (Wildman–Crippen LogP) is 1.24. The number of carbonyl (C=O) groups is 2. The number of fused-ring (bicyclic) bond motifs is 1. The van der Waals surface area contributed by atoms with E-state index in [1.54, 1.807) is 35.6 Å². The first kappa shape index (κ1) is 17.7. The number of aromatic nitrogens is 4. The highest BCUT2D eigenvalue weighted by molar-refractivity contribution is 7.99. The van der Waals surface area contributed by atoms with E-state index in [1.165, 1.54) is 24.9 Å². The third kappa shape index (κ3) is 3.75. The zero-order valence-corrected chi connectivity index (χ0v) is 14.8. The number of aryl methyl sites for hydroxylation is 1. The summed E-state index contributed by atoms with van der Waals surface area (Å²) >= 11 is 1.20. The van der Waals surface area contributed by atoms with Gasteiger partial charge < -0.3 is 10.1 Å². The van der Waals surface area contributed by atoms with Crippen molar-refractivity contribution >= 4 is 35.1 Å². The monoisotopic (exact) mass is 373 g/mol. The van der Waals surface area contributed by atoms with Crippen LogP contribution in [0.3, 0.4) is 0 Å². The van der Waals surface area contributed by atoms with E-state index < -0.39 is 5.97 Å². The second-order valence-corrected chi connectivity index (χ2v) is 6.26. The topological polar surface area (TPSA) is 118 Å². The van der Waals surface area contributed by atoms with Gasteiger partial charge in [0.05, 0.1) is 18.4 Å². The van der Waals surface area contributed by atoms with Gasteiger partial charge in [0, 0.05) is 17.4 Å². The molecule has 0 unspecified atom stereocenters. The molecule has 0 aliphatic heterocycles. The minimum atomic E-state index is -0.439. The van der Waals surface area contributed by atoms with E-state index in [0.717, 1.165) is 0 Å². The average molecular weight is 373 g/mol. The van der Waals surface area contributed by atoms with Crippen LogP contribution in [0.1, 0.15) is 16.1 Å². The van der Waals surface area contributed by atoms with Crippen LogP contribution in [0.2, 0.25) is 0 Å². The second-order valence-electron chi connectivity index (χ2n) is 5.32. The van der Waals surface area contributed by atoms with E-state index in [-0.39, 0.29) is 17.2 Å². The number of carbonyl (C=O) groups excluding carboxylic acids is 2. The minimum Gasteiger partial charge on any atom is -0.465 e. The van der Waals surface area contributed by atoms with Gasteiger partial charge >= 0.3 is 5.97 Å². The Hall–Kier alpha value is -3.14. The van der Waals surface area contributed by atoms with Gasteiger partial charge in [-0.15, -0.1) is 10.2 Å². The first-order valence-corrected chi connectivity index (χ1v) is 8.52. The number of esters is 1. The van der Waals surface area contributed by atoms with Crippen molar-refractivity contribution in [1.29, 1.82) is 0 Å². The van der Waals surface area contributed by atoms with E-state index in [1.807, 2.05) is 0 Å². The molecule has 0 saturated heterocycles. The molecule has 1 amide bonds. The maximum absolute atomic E-state index is 12.1. The summed E-state index contributed by atoms with van der Waals surface area (Å²) < 4.78 is 6.29. The second kappa shape index (κ2) is 7.40. The van der Waals surface area contributed by atoms with Crippen LogP contribution < -0.4 is 10.9 Å². The molecule has 3 rings (SSSR count). The lowest BCUT2D eigenvalue weighted by Gasteiger charge is -2.06. The Bertz CT molecular complexity index is 1030. The number of H-pyrrole nitrogens is 1. The fourth-order valence-corrected chi connectivity index (χ4v) is 3.09. The number of methoxy groups -OCH3 is 1. The van der Waals surface area contributed by atoms with Crippen molar-refractivity contribution in [2.24, 2.45) is 0 Å². The van der Waals surface area contributed by atoms with Gasteiger partial charge in [0.1, 0.15) is 0 Å². The summed E-state index contributed by atoms with van der Waals surface area (Å²) in [5.74, 6) is -0.237. The van der Waals surface area contributed by atoms with Gasteiger partial charge in [-0.2, -0.15) is 0 Å². The Labute approximate surface area is 151 Å². The number of amides is 1. The Morgan fingerprint density at radius 2 is 2.00 bits per heavy atom. The Kier molecular flexibility index (Phi) is 5.03. The van der Waals surface area contributed by atoms with Crippen molar-refractivity contribution in [2.45, 2.75) is 12.1 Å². The lowest BCUT2D eigenvalue weighted by atomic mass is 10.2. The number of nitrogens with zero attached hydrogens (tertiary/aromatic N) is 3. The van der Waals surface area contributed by atoms with Crippen LogP contribution in [0.5, 0.6) is 0 Å². The number of rotatable bonds is 5. The van der Waals surface area contributed by atoms with Gasteiger partial charge in [0.15, 0.2) is 5.16 Å². The van der Waals surface area contributed by atoms with Gasteiger partial charge in [0.25, 0.3) is 5.56 Å². The quantitative estimate of drug-likeness (QED) is 0.510. The van der Waals surface area contributed by atoms with Gasteiger partial charge in [0.2, 0.25) is 11.7 Å². The molecule has 3 aromatic rings. The van der Waals surface area contributed by atoms with Crippen molar-refractivity contribution in [1.82, 2.24) is 19.6 Å². The van der Waals surface area contributed by atoms with Crippen LogP contribution >= 0.6 is 11.8 Å². The Morgan fingerprint density at radius 3 is 2.69 bits per heavy atom. The summed E-state index contributed by atoms with van der Waals surface area (Å²) in [6.45, 7) is 1.76. The number of hydrogen-bond acceptors (Lipinski definition) is 7. The maximum atomic E-state index is 12.1. The summed E-state index contributed by atoms with van der Waals surface area (Å²) in [6, 6.07) is 7.82. The molecule has 10 heteroatoms. The van der Waals surface area contributed by atoms with Crippen molar-refractivity contribution in [3.8, 4) is 0 Å². The van der Waals surface area contributed by atoms with Crippen molar-refractivity contribution in [3.63, 3.8) is 0 Å².